The lowest BCUT2D eigenvalue weighted by Gasteiger charge is -2.25. The van der Waals surface area contributed by atoms with Gasteiger partial charge in [0.15, 0.2) is 6.61 Å². The normalized spacial score (nSPS) is 12.9. The number of methoxy groups -OCH3 is 1. The van der Waals surface area contributed by atoms with E-state index in [2.05, 4.69) is 37.2 Å². The minimum Gasteiger partial charge on any atom is -0.483 e. The number of anilines is 1. The van der Waals surface area contributed by atoms with Gasteiger partial charge in [0.1, 0.15) is 31.0 Å². The van der Waals surface area contributed by atoms with Crippen LogP contribution in [0.2, 0.25) is 0 Å². The minimum atomic E-state index is -1.16. The van der Waals surface area contributed by atoms with Gasteiger partial charge in [0, 0.05) is 76.2 Å². The van der Waals surface area contributed by atoms with Crippen LogP contribution in [0.25, 0.3) is 0 Å². The molecule has 0 fully saturated rings. The van der Waals surface area contributed by atoms with Gasteiger partial charge < -0.3 is 66.6 Å². The van der Waals surface area contributed by atoms with Crippen molar-refractivity contribution in [3.8, 4) is 5.75 Å². The standard InChI is InChI=1S/C39H59N9O14/c1-25(2)35(47-32(51)23-60-20-19-59-18-17-58-4)37(55)46-28(7-5-13-44-38(40)56)36(54)45-27-9-8-26(22-62-39(57)41-3)29(21-27)61-24-31(50)43-15-6-14-42-30(49)12-16-48-33(52)10-11-34(48)53/h8-11,21,25,28,35H,5-7,12-20,22-24H2,1-4H3,(H,41,57)(H,42,49)(H,43,50)(H,45,54)(H,46,55)(H,47,51)(H3,40,44,56)/t28-,35-/m0/s1. The number of rotatable bonds is 30. The van der Waals surface area contributed by atoms with Crippen molar-refractivity contribution < 1.29 is 66.8 Å². The maximum Gasteiger partial charge on any atom is 0.407 e. The second kappa shape index (κ2) is 29.0. The molecule has 23 heteroatoms. The lowest BCUT2D eigenvalue weighted by Crippen LogP contribution is -2.55. The van der Waals surface area contributed by atoms with Crippen molar-refractivity contribution in [2.45, 2.75) is 58.2 Å². The fourth-order valence-corrected chi connectivity index (χ4v) is 5.35. The van der Waals surface area contributed by atoms with E-state index >= 15 is 0 Å². The lowest BCUT2D eigenvalue weighted by molar-refractivity contribution is -0.137. The van der Waals surface area contributed by atoms with E-state index in [1.165, 1.54) is 25.2 Å². The van der Waals surface area contributed by atoms with Gasteiger partial charge in [-0.1, -0.05) is 13.8 Å². The number of urea groups is 1. The summed E-state index contributed by atoms with van der Waals surface area (Å²) in [5.74, 6) is -4.05. The Balaban J connectivity index is 2.05. The quantitative estimate of drug-likeness (QED) is 0.0324. The third-order valence-electron chi connectivity index (χ3n) is 8.62. The Morgan fingerprint density at radius 3 is 2.10 bits per heavy atom. The van der Waals surface area contributed by atoms with Crippen LogP contribution in [0.4, 0.5) is 15.3 Å². The fraction of sp³-hybridized carbons (Fsp3) is 0.564. The van der Waals surface area contributed by atoms with E-state index in [1.807, 2.05) is 0 Å². The summed E-state index contributed by atoms with van der Waals surface area (Å²) in [5.41, 5.74) is 5.70. The van der Waals surface area contributed by atoms with E-state index < -0.39 is 72.2 Å². The predicted molar refractivity (Wildman–Crippen MR) is 220 cm³/mol. The number of carbonyl (C=O) groups is 9. The zero-order valence-electron chi connectivity index (χ0n) is 35.5. The summed E-state index contributed by atoms with van der Waals surface area (Å²) in [4.78, 5) is 112. The van der Waals surface area contributed by atoms with Crippen molar-refractivity contribution in [1.82, 2.24) is 36.8 Å². The molecule has 2 atom stereocenters. The smallest absolute Gasteiger partial charge is 0.407 e. The summed E-state index contributed by atoms with van der Waals surface area (Å²) >= 11 is 0. The number of alkyl carbamates (subject to hydrolysis) is 1. The first kappa shape index (κ1) is 51.8. The van der Waals surface area contributed by atoms with E-state index in [0.717, 1.165) is 17.1 Å². The molecule has 0 saturated heterocycles. The van der Waals surface area contributed by atoms with Crippen molar-refractivity contribution in [2.75, 3.05) is 85.3 Å². The first-order valence-electron chi connectivity index (χ1n) is 19.9. The Morgan fingerprint density at radius 2 is 1.44 bits per heavy atom. The van der Waals surface area contributed by atoms with E-state index in [9.17, 15) is 43.2 Å². The van der Waals surface area contributed by atoms with Gasteiger partial charge in [-0.15, -0.1) is 0 Å². The molecule has 344 valence electrons. The summed E-state index contributed by atoms with van der Waals surface area (Å²) in [6, 6.07) is 1.42. The number of nitrogens with zero attached hydrogens (tertiary/aromatic N) is 1. The second-order valence-corrected chi connectivity index (χ2v) is 13.8. The molecule has 0 radical (unpaired) electrons. The maximum absolute atomic E-state index is 13.7. The number of nitrogens with two attached hydrogens (primary N) is 1. The van der Waals surface area contributed by atoms with Crippen molar-refractivity contribution in [1.29, 1.82) is 0 Å². The Hall–Kier alpha value is -6.33. The number of benzene rings is 1. The topological polar surface area (TPSA) is 313 Å². The minimum absolute atomic E-state index is 0.0480. The summed E-state index contributed by atoms with van der Waals surface area (Å²) in [5, 5.41) is 18.1. The molecule has 2 rings (SSSR count). The first-order valence-corrected chi connectivity index (χ1v) is 19.9. The van der Waals surface area contributed by atoms with Gasteiger partial charge >= 0.3 is 12.1 Å². The highest BCUT2D eigenvalue weighted by Crippen LogP contribution is 2.25. The molecule has 9 N–H and O–H groups in total. The van der Waals surface area contributed by atoms with Gasteiger partial charge in [0.25, 0.3) is 17.7 Å². The number of imide groups is 1. The molecule has 23 nitrogen and oxygen atoms in total. The number of nitrogens with one attached hydrogen (secondary N) is 7. The highest BCUT2D eigenvalue weighted by Gasteiger charge is 2.29. The molecule has 0 spiro atoms. The number of hydrogen-bond donors (Lipinski definition) is 8. The van der Waals surface area contributed by atoms with Crippen LogP contribution in [0.15, 0.2) is 30.4 Å². The van der Waals surface area contributed by atoms with Gasteiger partial charge in [-0.2, -0.15) is 0 Å². The van der Waals surface area contributed by atoms with Gasteiger partial charge in [-0.05, 0) is 37.3 Å². The van der Waals surface area contributed by atoms with Crippen LogP contribution >= 0.6 is 0 Å². The number of amides is 10. The van der Waals surface area contributed by atoms with E-state index in [0.29, 0.717) is 25.2 Å². The van der Waals surface area contributed by atoms with Crippen LogP contribution in [-0.4, -0.2) is 150 Å². The van der Waals surface area contributed by atoms with Crippen LogP contribution in [0, 0.1) is 5.92 Å². The maximum atomic E-state index is 13.7. The average molecular weight is 878 g/mol. The van der Waals surface area contributed by atoms with Crippen molar-refractivity contribution in [3.05, 3.63) is 35.9 Å². The van der Waals surface area contributed by atoms with E-state index in [1.54, 1.807) is 21.0 Å². The SMILES string of the molecule is CNC(=O)OCc1ccc(NC(=O)[C@H](CCCNC(N)=O)NC(=O)[C@@H](NC(=O)COCCOCCOC)C(C)C)cc1OCC(=O)NCCCNC(=O)CCN1C(=O)C=CC1=O. The van der Waals surface area contributed by atoms with Gasteiger partial charge in [-0.3, -0.25) is 38.5 Å². The zero-order chi connectivity index (χ0) is 45.9. The molecule has 1 aliphatic rings. The van der Waals surface area contributed by atoms with Crippen molar-refractivity contribution in [2.24, 2.45) is 11.7 Å². The number of ether oxygens (including phenoxy) is 5. The monoisotopic (exact) mass is 877 g/mol. The number of carbonyl (C=O) groups excluding carboxylic acids is 9. The Kier molecular flexibility index (Phi) is 24.2. The third kappa shape index (κ3) is 20.8. The molecule has 0 saturated carbocycles. The van der Waals surface area contributed by atoms with Crippen LogP contribution in [0.3, 0.4) is 0 Å². The summed E-state index contributed by atoms with van der Waals surface area (Å²) in [6.45, 7) is 3.93. The molecule has 62 heavy (non-hydrogen) atoms. The molecule has 0 aromatic heterocycles. The van der Waals surface area contributed by atoms with Gasteiger partial charge in [-0.25, -0.2) is 9.59 Å². The molecule has 1 heterocycles. The molecule has 1 aliphatic heterocycles. The second-order valence-electron chi connectivity index (χ2n) is 13.8. The van der Waals surface area contributed by atoms with Crippen LogP contribution in [0.5, 0.6) is 5.75 Å². The summed E-state index contributed by atoms with van der Waals surface area (Å²) in [7, 11) is 2.92. The highest BCUT2D eigenvalue weighted by molar-refractivity contribution is 6.13. The molecule has 0 unspecified atom stereocenters. The van der Waals surface area contributed by atoms with Crippen molar-refractivity contribution >= 4 is 59.2 Å². The molecular weight excluding hydrogens is 818 g/mol. The Bertz CT molecular complexity index is 1710. The van der Waals surface area contributed by atoms with Crippen LogP contribution in [0.1, 0.15) is 45.1 Å². The number of hydrogen-bond acceptors (Lipinski definition) is 14. The lowest BCUT2D eigenvalue weighted by atomic mass is 10.0. The molecule has 0 aliphatic carbocycles. The number of primary amides is 1. The molecule has 10 amide bonds. The molecule has 1 aromatic rings. The third-order valence-corrected chi connectivity index (χ3v) is 8.62. The first-order chi connectivity index (χ1) is 29.6. The molecule has 1 aromatic carbocycles. The summed E-state index contributed by atoms with van der Waals surface area (Å²) < 4.78 is 26.5. The molecule has 0 bridgehead atoms. The van der Waals surface area contributed by atoms with Gasteiger partial charge in [0.05, 0.1) is 26.4 Å². The average Bonchev–Trinajstić information content (AvgIpc) is 3.56. The van der Waals surface area contributed by atoms with Crippen LogP contribution < -0.4 is 47.7 Å². The van der Waals surface area contributed by atoms with Crippen molar-refractivity contribution in [3.63, 3.8) is 0 Å². The predicted octanol–water partition coefficient (Wildman–Crippen LogP) is -1.45. The van der Waals surface area contributed by atoms with E-state index in [4.69, 9.17) is 29.4 Å². The largest absolute Gasteiger partial charge is 0.483 e. The summed E-state index contributed by atoms with van der Waals surface area (Å²) in [6.07, 6.45) is 2.10. The van der Waals surface area contributed by atoms with Gasteiger partial charge in [0.2, 0.25) is 23.6 Å². The Labute approximate surface area is 359 Å². The zero-order valence-corrected chi connectivity index (χ0v) is 35.5. The highest BCUT2D eigenvalue weighted by atomic mass is 16.6. The van der Waals surface area contributed by atoms with Crippen LogP contribution in [-0.2, 0) is 59.1 Å². The molecular formula is C39H59N9O14. The Morgan fingerprint density at radius 1 is 0.774 bits per heavy atom. The van der Waals surface area contributed by atoms with E-state index in [-0.39, 0.29) is 89.2 Å². The fourth-order valence-electron chi connectivity index (χ4n) is 5.35.